The summed E-state index contributed by atoms with van der Waals surface area (Å²) in [4.78, 5) is 11.3. The second-order valence-corrected chi connectivity index (χ2v) is 5.25. The Bertz CT molecular complexity index is 524. The van der Waals surface area contributed by atoms with Gasteiger partial charge in [0.1, 0.15) is 4.90 Å². The summed E-state index contributed by atoms with van der Waals surface area (Å²) >= 11 is 0. The molecule has 0 fully saturated rings. The number of amides is 1. The van der Waals surface area contributed by atoms with Crippen LogP contribution in [-0.2, 0) is 15.0 Å². The lowest BCUT2D eigenvalue weighted by Gasteiger charge is -2.14. The zero-order chi connectivity index (χ0) is 13.8. The lowest BCUT2D eigenvalue weighted by Crippen LogP contribution is -2.22. The lowest BCUT2D eigenvalue weighted by molar-refractivity contribution is -0.120. The van der Waals surface area contributed by atoms with Gasteiger partial charge in [0.05, 0.1) is 5.69 Å². The predicted molar refractivity (Wildman–Crippen MR) is 67.4 cm³/mol. The third-order valence-corrected chi connectivity index (χ3v) is 3.65. The summed E-state index contributed by atoms with van der Waals surface area (Å²) in [7, 11) is -4.83. The van der Waals surface area contributed by atoms with Crippen LogP contribution in [0.2, 0.25) is 0 Å². The second-order valence-electron chi connectivity index (χ2n) is 3.94. The van der Waals surface area contributed by atoms with E-state index < -0.39 is 15.1 Å². The number of carbonyl (C=O) groups is 1. The van der Waals surface area contributed by atoms with Gasteiger partial charge in [0.25, 0.3) is 0 Å². The van der Waals surface area contributed by atoms with Crippen molar-refractivity contribution < 1.29 is 17.1 Å². The number of para-hydroxylation sites is 1. The van der Waals surface area contributed by atoms with Crippen molar-refractivity contribution in [2.24, 2.45) is 5.92 Å². The Labute approximate surface area is 106 Å². The normalized spacial score (nSPS) is 11.6. The van der Waals surface area contributed by atoms with Gasteiger partial charge in [-0.3, -0.25) is 4.79 Å². The van der Waals surface area contributed by atoms with Gasteiger partial charge in [0.2, 0.25) is 5.91 Å². The molecule has 0 spiro atoms. The zero-order valence-electron chi connectivity index (χ0n) is 10.3. The first-order valence-corrected chi connectivity index (χ1v) is 7.13. The Balaban J connectivity index is 3.02. The molecule has 0 aliphatic rings. The van der Waals surface area contributed by atoms with E-state index in [9.17, 15) is 17.1 Å². The third kappa shape index (κ3) is 3.53. The smallest absolute Gasteiger partial charge is 0.325 e. The molecule has 1 rings (SSSR count). The Morgan fingerprint density at radius 2 is 1.83 bits per heavy atom. The molecule has 18 heavy (non-hydrogen) atoms. The van der Waals surface area contributed by atoms with Gasteiger partial charge in [-0.1, -0.05) is 26.0 Å². The summed E-state index contributed by atoms with van der Waals surface area (Å²) in [5, 5.41) is 2.46. The predicted octanol–water partition coefficient (Wildman–Crippen LogP) is 2.72. The molecule has 0 heterocycles. The van der Waals surface area contributed by atoms with Gasteiger partial charge in [-0.2, -0.15) is 8.42 Å². The fourth-order valence-corrected chi connectivity index (χ4v) is 2.30. The molecular formula is C12H16FNO3S. The number of anilines is 1. The van der Waals surface area contributed by atoms with Gasteiger partial charge in [0.15, 0.2) is 0 Å². The van der Waals surface area contributed by atoms with Crippen LogP contribution in [0.3, 0.4) is 0 Å². The molecule has 0 bridgehead atoms. The molecule has 1 aromatic rings. The van der Waals surface area contributed by atoms with Gasteiger partial charge < -0.3 is 5.32 Å². The molecule has 0 atom stereocenters. The highest BCUT2D eigenvalue weighted by Crippen LogP contribution is 2.23. The summed E-state index contributed by atoms with van der Waals surface area (Å²) in [5.41, 5.74) is -0.0168. The number of hydrogen-bond acceptors (Lipinski definition) is 3. The standard InChI is InChI=1S/C12H16FNO3S/c1-3-9(4-2)12(15)14-10-7-5-6-8-11(10)18(13,16)17/h5-9H,3-4H2,1-2H3,(H,14,15). The van der Waals surface area contributed by atoms with Crippen molar-refractivity contribution in [2.45, 2.75) is 31.6 Å². The van der Waals surface area contributed by atoms with E-state index in [2.05, 4.69) is 5.32 Å². The minimum absolute atomic E-state index is 0.0168. The van der Waals surface area contributed by atoms with Crippen molar-refractivity contribution in [3.8, 4) is 0 Å². The summed E-state index contributed by atoms with van der Waals surface area (Å²) in [6.07, 6.45) is 1.29. The molecule has 0 saturated carbocycles. The molecule has 0 radical (unpaired) electrons. The SMILES string of the molecule is CCC(CC)C(=O)Nc1ccccc1S(=O)(=O)F. The van der Waals surface area contributed by atoms with Gasteiger partial charge in [-0.25, -0.2) is 0 Å². The minimum Gasteiger partial charge on any atom is -0.325 e. The highest BCUT2D eigenvalue weighted by Gasteiger charge is 2.20. The first-order chi connectivity index (χ1) is 8.40. The summed E-state index contributed by atoms with van der Waals surface area (Å²) in [5.74, 6) is -0.503. The molecule has 0 saturated heterocycles. The average Bonchev–Trinajstić information content (AvgIpc) is 2.30. The average molecular weight is 273 g/mol. The Morgan fingerprint density at radius 1 is 1.28 bits per heavy atom. The molecule has 0 aliphatic carbocycles. The summed E-state index contributed by atoms with van der Waals surface area (Å²) in [6, 6.07) is 5.43. The van der Waals surface area contributed by atoms with E-state index in [1.165, 1.54) is 18.2 Å². The van der Waals surface area contributed by atoms with E-state index in [0.717, 1.165) is 6.07 Å². The number of hydrogen-bond donors (Lipinski definition) is 1. The fourth-order valence-electron chi connectivity index (χ4n) is 1.68. The highest BCUT2D eigenvalue weighted by atomic mass is 32.3. The van der Waals surface area contributed by atoms with Gasteiger partial charge >= 0.3 is 10.2 Å². The minimum atomic E-state index is -4.83. The molecule has 4 nitrogen and oxygen atoms in total. The van der Waals surface area contributed by atoms with E-state index in [1.807, 2.05) is 13.8 Å². The Morgan fingerprint density at radius 3 is 2.33 bits per heavy atom. The third-order valence-electron chi connectivity index (χ3n) is 2.76. The number of benzene rings is 1. The quantitative estimate of drug-likeness (QED) is 0.839. The zero-order valence-corrected chi connectivity index (χ0v) is 11.1. The molecule has 1 amide bonds. The van der Waals surface area contributed by atoms with E-state index in [0.29, 0.717) is 12.8 Å². The van der Waals surface area contributed by atoms with Crippen molar-refractivity contribution in [3.05, 3.63) is 24.3 Å². The van der Waals surface area contributed by atoms with Crippen molar-refractivity contribution in [1.29, 1.82) is 0 Å². The van der Waals surface area contributed by atoms with Crippen LogP contribution < -0.4 is 5.32 Å². The number of carbonyl (C=O) groups excluding carboxylic acids is 1. The molecule has 0 aliphatic heterocycles. The molecule has 100 valence electrons. The van der Waals surface area contributed by atoms with Crippen LogP contribution in [0.1, 0.15) is 26.7 Å². The number of halogens is 1. The molecule has 1 N–H and O–H groups in total. The lowest BCUT2D eigenvalue weighted by atomic mass is 10.0. The topological polar surface area (TPSA) is 63.2 Å². The summed E-state index contributed by atoms with van der Waals surface area (Å²) in [6.45, 7) is 3.73. The molecular weight excluding hydrogens is 257 g/mol. The van der Waals surface area contributed by atoms with Crippen molar-refractivity contribution in [2.75, 3.05) is 5.32 Å². The molecule has 0 unspecified atom stereocenters. The maximum Gasteiger partial charge on any atom is 0.334 e. The Hall–Kier alpha value is -1.43. The number of nitrogens with one attached hydrogen (secondary N) is 1. The first-order valence-electron chi connectivity index (χ1n) is 5.74. The largest absolute Gasteiger partial charge is 0.334 e. The monoisotopic (exact) mass is 273 g/mol. The fraction of sp³-hybridized carbons (Fsp3) is 0.417. The van der Waals surface area contributed by atoms with Crippen LogP contribution in [0.25, 0.3) is 0 Å². The molecule has 1 aromatic carbocycles. The van der Waals surface area contributed by atoms with Gasteiger partial charge in [-0.15, -0.1) is 3.89 Å². The van der Waals surface area contributed by atoms with Crippen LogP contribution in [0.15, 0.2) is 29.2 Å². The highest BCUT2D eigenvalue weighted by molar-refractivity contribution is 7.86. The van der Waals surface area contributed by atoms with E-state index in [1.54, 1.807) is 0 Å². The van der Waals surface area contributed by atoms with Crippen LogP contribution in [0.4, 0.5) is 9.57 Å². The molecule has 6 heteroatoms. The maximum atomic E-state index is 13.0. The van der Waals surface area contributed by atoms with Crippen LogP contribution in [0.5, 0.6) is 0 Å². The van der Waals surface area contributed by atoms with Crippen molar-refractivity contribution in [1.82, 2.24) is 0 Å². The van der Waals surface area contributed by atoms with Gasteiger partial charge in [-0.05, 0) is 25.0 Å². The van der Waals surface area contributed by atoms with Crippen LogP contribution >= 0.6 is 0 Å². The summed E-state index contributed by atoms with van der Waals surface area (Å²) < 4.78 is 34.9. The van der Waals surface area contributed by atoms with Crippen LogP contribution in [-0.4, -0.2) is 14.3 Å². The van der Waals surface area contributed by atoms with Crippen LogP contribution in [0, 0.1) is 5.92 Å². The van der Waals surface area contributed by atoms with E-state index >= 15 is 0 Å². The first kappa shape index (κ1) is 14.6. The Kier molecular flexibility index (Phi) is 4.84. The van der Waals surface area contributed by atoms with Gasteiger partial charge in [0, 0.05) is 5.92 Å². The van der Waals surface area contributed by atoms with Crippen molar-refractivity contribution >= 4 is 21.8 Å². The number of rotatable bonds is 5. The second kappa shape index (κ2) is 5.95. The van der Waals surface area contributed by atoms with E-state index in [-0.39, 0.29) is 17.5 Å². The van der Waals surface area contributed by atoms with E-state index in [4.69, 9.17) is 0 Å². The molecule has 0 aromatic heterocycles. The van der Waals surface area contributed by atoms with Crippen molar-refractivity contribution in [3.63, 3.8) is 0 Å². The maximum absolute atomic E-state index is 13.0.